The third-order valence-electron chi connectivity index (χ3n) is 5.73. The Kier molecular flexibility index (Phi) is 6.38. The molecule has 2 atom stereocenters. The fraction of sp³-hybridized carbons (Fsp3) is 0.240. The highest BCUT2D eigenvalue weighted by atomic mass is 16.2. The molecule has 0 spiro atoms. The zero-order chi connectivity index (χ0) is 21.6. The van der Waals surface area contributed by atoms with Gasteiger partial charge in [0.2, 0.25) is 5.91 Å². The van der Waals surface area contributed by atoms with Crippen LogP contribution in [0.3, 0.4) is 0 Å². The number of pyridine rings is 1. The highest BCUT2D eigenvalue weighted by molar-refractivity contribution is 6.04. The number of nitrogens with one attached hydrogen (secondary N) is 1. The minimum atomic E-state index is -0.292. The van der Waals surface area contributed by atoms with Crippen LogP contribution < -0.4 is 11.1 Å². The molecule has 2 unspecified atom stereocenters. The number of nitrogens with two attached hydrogens (primary N) is 1. The standard InChI is InChI=1S/C25H26N4O2/c26-24(22-7-4-16-29(22)23(30)17-18-5-2-1-3-6-18)19-8-10-20(11-9-19)25(31)28-21-12-14-27-15-13-21/h1-3,5-6,8-15,22,24H,4,7,16-17,26H2,(H,27,28,31). The highest BCUT2D eigenvalue weighted by Gasteiger charge is 2.33. The summed E-state index contributed by atoms with van der Waals surface area (Å²) in [5.74, 6) is -0.0793. The predicted octanol–water partition coefficient (Wildman–Crippen LogP) is 3.57. The Morgan fingerprint density at radius 1 is 1.03 bits per heavy atom. The third kappa shape index (κ3) is 4.98. The molecule has 1 saturated heterocycles. The van der Waals surface area contributed by atoms with Crippen molar-refractivity contribution < 1.29 is 9.59 Å². The molecule has 158 valence electrons. The number of benzene rings is 2. The SMILES string of the molecule is NC(c1ccc(C(=O)Nc2ccncc2)cc1)C1CCCN1C(=O)Cc1ccccc1. The lowest BCUT2D eigenvalue weighted by atomic mass is 9.96. The molecule has 2 aromatic carbocycles. The number of likely N-dealkylation sites (tertiary alicyclic amines) is 1. The van der Waals surface area contributed by atoms with Crippen molar-refractivity contribution in [1.82, 2.24) is 9.88 Å². The van der Waals surface area contributed by atoms with Gasteiger partial charge in [0.05, 0.1) is 18.5 Å². The van der Waals surface area contributed by atoms with Crippen molar-refractivity contribution in [3.05, 3.63) is 95.8 Å². The van der Waals surface area contributed by atoms with Crippen LogP contribution in [0, 0.1) is 0 Å². The zero-order valence-electron chi connectivity index (χ0n) is 17.3. The first-order chi connectivity index (χ1) is 15.1. The number of hydrogen-bond donors (Lipinski definition) is 2. The molecule has 3 N–H and O–H groups in total. The molecule has 6 nitrogen and oxygen atoms in total. The fourth-order valence-corrected chi connectivity index (χ4v) is 4.06. The van der Waals surface area contributed by atoms with E-state index >= 15 is 0 Å². The van der Waals surface area contributed by atoms with Gasteiger partial charge in [0, 0.05) is 30.2 Å². The molecule has 4 rings (SSSR count). The van der Waals surface area contributed by atoms with Crippen LogP contribution in [0.4, 0.5) is 5.69 Å². The van der Waals surface area contributed by atoms with E-state index < -0.39 is 0 Å². The smallest absolute Gasteiger partial charge is 0.255 e. The molecule has 0 saturated carbocycles. The zero-order valence-corrected chi connectivity index (χ0v) is 17.3. The van der Waals surface area contributed by atoms with Crippen LogP contribution in [0.5, 0.6) is 0 Å². The summed E-state index contributed by atoms with van der Waals surface area (Å²) < 4.78 is 0. The predicted molar refractivity (Wildman–Crippen MR) is 120 cm³/mol. The van der Waals surface area contributed by atoms with E-state index in [1.165, 1.54) is 0 Å². The number of anilines is 1. The molecular formula is C25H26N4O2. The second kappa shape index (κ2) is 9.53. The van der Waals surface area contributed by atoms with Gasteiger partial charge in [0.25, 0.3) is 5.91 Å². The molecule has 3 aromatic rings. The highest BCUT2D eigenvalue weighted by Crippen LogP contribution is 2.28. The van der Waals surface area contributed by atoms with Gasteiger partial charge in [-0.3, -0.25) is 14.6 Å². The summed E-state index contributed by atoms with van der Waals surface area (Å²) in [7, 11) is 0. The summed E-state index contributed by atoms with van der Waals surface area (Å²) in [5, 5.41) is 2.84. The average Bonchev–Trinajstić information content (AvgIpc) is 3.30. The number of nitrogens with zero attached hydrogens (tertiary/aromatic N) is 2. The Bertz CT molecular complexity index is 1020. The first-order valence-electron chi connectivity index (χ1n) is 10.5. The minimum Gasteiger partial charge on any atom is -0.338 e. The van der Waals surface area contributed by atoms with Crippen molar-refractivity contribution >= 4 is 17.5 Å². The van der Waals surface area contributed by atoms with Crippen LogP contribution in [-0.2, 0) is 11.2 Å². The molecule has 0 aliphatic carbocycles. The van der Waals surface area contributed by atoms with E-state index in [4.69, 9.17) is 5.73 Å². The van der Waals surface area contributed by atoms with Crippen molar-refractivity contribution in [1.29, 1.82) is 0 Å². The summed E-state index contributed by atoms with van der Waals surface area (Å²) in [5.41, 5.74) is 9.75. The first kappa shape index (κ1) is 20.8. The van der Waals surface area contributed by atoms with Crippen LogP contribution in [0.1, 0.15) is 40.4 Å². The van der Waals surface area contributed by atoms with Gasteiger partial charge in [-0.05, 0) is 48.2 Å². The Hall–Kier alpha value is -3.51. The van der Waals surface area contributed by atoms with Crippen LogP contribution in [0.15, 0.2) is 79.1 Å². The maximum atomic E-state index is 12.9. The van der Waals surface area contributed by atoms with Gasteiger partial charge in [0.1, 0.15) is 0 Å². The first-order valence-corrected chi connectivity index (χ1v) is 10.5. The molecule has 2 amide bonds. The lowest BCUT2D eigenvalue weighted by Gasteiger charge is -2.30. The second-order valence-electron chi connectivity index (χ2n) is 7.80. The van der Waals surface area contributed by atoms with Gasteiger partial charge in [0.15, 0.2) is 0 Å². The van der Waals surface area contributed by atoms with E-state index in [1.54, 1.807) is 36.7 Å². The summed E-state index contributed by atoms with van der Waals surface area (Å²) in [6.07, 6.45) is 5.48. The molecule has 0 radical (unpaired) electrons. The lowest BCUT2D eigenvalue weighted by molar-refractivity contribution is -0.131. The van der Waals surface area contributed by atoms with Gasteiger partial charge in [-0.2, -0.15) is 0 Å². The monoisotopic (exact) mass is 414 g/mol. The fourth-order valence-electron chi connectivity index (χ4n) is 4.06. The van der Waals surface area contributed by atoms with Crippen molar-refractivity contribution in [3.8, 4) is 0 Å². The molecule has 2 heterocycles. The molecule has 1 fully saturated rings. The lowest BCUT2D eigenvalue weighted by Crippen LogP contribution is -2.42. The number of amides is 2. The maximum Gasteiger partial charge on any atom is 0.255 e. The van der Waals surface area contributed by atoms with Crippen LogP contribution in [-0.4, -0.2) is 34.3 Å². The number of aromatic nitrogens is 1. The molecule has 0 bridgehead atoms. The minimum absolute atomic E-state index is 0.0345. The van der Waals surface area contributed by atoms with Gasteiger partial charge in [-0.25, -0.2) is 0 Å². The summed E-state index contributed by atoms with van der Waals surface area (Å²) in [4.78, 5) is 31.2. The summed E-state index contributed by atoms with van der Waals surface area (Å²) in [6.45, 7) is 0.733. The van der Waals surface area contributed by atoms with E-state index in [-0.39, 0.29) is 23.9 Å². The van der Waals surface area contributed by atoms with Crippen molar-refractivity contribution in [2.45, 2.75) is 31.3 Å². The summed E-state index contributed by atoms with van der Waals surface area (Å²) >= 11 is 0. The number of hydrogen-bond acceptors (Lipinski definition) is 4. The molecule has 1 aromatic heterocycles. The number of rotatable bonds is 6. The maximum absolute atomic E-state index is 12.9. The van der Waals surface area contributed by atoms with Crippen LogP contribution in [0.25, 0.3) is 0 Å². The van der Waals surface area contributed by atoms with Gasteiger partial charge >= 0.3 is 0 Å². The van der Waals surface area contributed by atoms with Crippen LogP contribution in [0.2, 0.25) is 0 Å². The Morgan fingerprint density at radius 2 is 1.74 bits per heavy atom. The van der Waals surface area contributed by atoms with E-state index in [9.17, 15) is 9.59 Å². The second-order valence-corrected chi connectivity index (χ2v) is 7.80. The number of carbonyl (C=O) groups excluding carboxylic acids is 2. The van der Waals surface area contributed by atoms with E-state index in [0.717, 1.165) is 30.5 Å². The summed E-state index contributed by atoms with van der Waals surface area (Å²) in [6, 6.07) is 20.2. The van der Waals surface area contributed by atoms with Gasteiger partial charge < -0.3 is 16.0 Å². The molecule has 1 aliphatic rings. The average molecular weight is 415 g/mol. The van der Waals surface area contributed by atoms with E-state index in [2.05, 4.69) is 10.3 Å². The molecule has 6 heteroatoms. The Morgan fingerprint density at radius 3 is 2.45 bits per heavy atom. The van der Waals surface area contributed by atoms with E-state index in [1.807, 2.05) is 47.4 Å². The van der Waals surface area contributed by atoms with Crippen molar-refractivity contribution in [2.75, 3.05) is 11.9 Å². The quantitative estimate of drug-likeness (QED) is 0.645. The third-order valence-corrected chi connectivity index (χ3v) is 5.73. The van der Waals surface area contributed by atoms with Crippen LogP contribution >= 0.6 is 0 Å². The van der Waals surface area contributed by atoms with Gasteiger partial charge in [-0.15, -0.1) is 0 Å². The van der Waals surface area contributed by atoms with Gasteiger partial charge in [-0.1, -0.05) is 42.5 Å². The topological polar surface area (TPSA) is 88.3 Å². The largest absolute Gasteiger partial charge is 0.338 e. The Labute approximate surface area is 182 Å². The number of carbonyl (C=O) groups is 2. The molecular weight excluding hydrogens is 388 g/mol. The van der Waals surface area contributed by atoms with E-state index in [0.29, 0.717) is 17.7 Å². The molecule has 31 heavy (non-hydrogen) atoms. The van der Waals surface area contributed by atoms with Crippen molar-refractivity contribution in [2.24, 2.45) is 5.73 Å². The normalized spacial score (nSPS) is 16.7. The molecule has 1 aliphatic heterocycles. The Balaban J connectivity index is 1.41. The van der Waals surface area contributed by atoms with Crippen molar-refractivity contribution in [3.63, 3.8) is 0 Å².